The highest BCUT2D eigenvalue weighted by Gasteiger charge is 2.43. The third-order valence-corrected chi connectivity index (χ3v) is 7.19. The maximum absolute atomic E-state index is 13.1. The van der Waals surface area contributed by atoms with Crippen LogP contribution in [0.4, 0.5) is 0 Å². The van der Waals surface area contributed by atoms with Gasteiger partial charge in [-0.3, -0.25) is 14.7 Å². The second-order valence-corrected chi connectivity index (χ2v) is 9.50. The molecular formula is C26H22ClN5O2. The number of hydrogen-bond acceptors (Lipinski definition) is 4. The zero-order valence-corrected chi connectivity index (χ0v) is 19.1. The van der Waals surface area contributed by atoms with E-state index in [0.29, 0.717) is 59.7 Å². The van der Waals surface area contributed by atoms with Gasteiger partial charge in [0.1, 0.15) is 5.52 Å². The molecule has 7 nitrogen and oxygen atoms in total. The molecule has 0 saturated carbocycles. The van der Waals surface area contributed by atoms with Crippen molar-refractivity contribution in [2.75, 3.05) is 26.2 Å². The van der Waals surface area contributed by atoms with E-state index in [1.54, 1.807) is 6.07 Å². The molecular weight excluding hydrogens is 450 g/mol. The first kappa shape index (κ1) is 20.9. The number of hydrogen-bond donors (Lipinski definition) is 1. The minimum Gasteiger partial charge on any atom is -0.338 e. The Balaban J connectivity index is 1.10. The molecule has 2 aliphatic rings. The molecule has 2 amide bonds. The summed E-state index contributed by atoms with van der Waals surface area (Å²) in [6.07, 6.45) is 0. The van der Waals surface area contributed by atoms with E-state index in [4.69, 9.17) is 11.6 Å². The fraction of sp³-hybridized carbons (Fsp3) is 0.231. The number of nitrogens with zero attached hydrogens (tertiary/aromatic N) is 4. The second-order valence-electron chi connectivity index (χ2n) is 9.07. The molecule has 6 rings (SSSR count). The van der Waals surface area contributed by atoms with Gasteiger partial charge in [0.2, 0.25) is 0 Å². The zero-order chi connectivity index (χ0) is 23.2. The summed E-state index contributed by atoms with van der Waals surface area (Å²) < 4.78 is 0. The highest BCUT2D eigenvalue weighted by Crippen LogP contribution is 2.33. The maximum Gasteiger partial charge on any atom is 0.253 e. The van der Waals surface area contributed by atoms with E-state index >= 15 is 0 Å². The number of rotatable bonds is 3. The molecule has 3 aromatic carbocycles. The summed E-state index contributed by atoms with van der Waals surface area (Å²) in [4.78, 5) is 30.0. The first-order valence-electron chi connectivity index (χ1n) is 11.3. The molecule has 4 aromatic rings. The van der Waals surface area contributed by atoms with Crippen molar-refractivity contribution in [3.05, 3.63) is 82.9 Å². The van der Waals surface area contributed by atoms with E-state index < -0.39 is 0 Å². The standard InChI is InChI=1S/C26H22ClN5O2/c27-22-8-5-17(6-9-22)16-1-3-18(4-2-16)25(33)31-12-20-14-32(15-21(20)13-31)26(34)19-7-10-23-24(11-19)29-30-28-23/h1-11,20-21H,12-15H2,(H,28,29,30)/t20-,21-/m1/s1. The Hall–Kier alpha value is -3.71. The molecule has 0 radical (unpaired) electrons. The van der Waals surface area contributed by atoms with Crippen LogP contribution in [0.15, 0.2) is 66.7 Å². The number of amides is 2. The van der Waals surface area contributed by atoms with Gasteiger partial charge in [-0.2, -0.15) is 0 Å². The quantitative estimate of drug-likeness (QED) is 0.487. The average Bonchev–Trinajstić information content (AvgIpc) is 3.58. The van der Waals surface area contributed by atoms with Crippen molar-refractivity contribution in [2.45, 2.75) is 0 Å². The molecule has 2 aliphatic heterocycles. The first-order valence-corrected chi connectivity index (χ1v) is 11.7. The summed E-state index contributed by atoms with van der Waals surface area (Å²) in [7, 11) is 0. The lowest BCUT2D eigenvalue weighted by Crippen LogP contribution is -2.35. The molecule has 2 atom stereocenters. The molecule has 2 fully saturated rings. The van der Waals surface area contributed by atoms with Gasteiger partial charge in [-0.25, -0.2) is 0 Å². The molecule has 0 aliphatic carbocycles. The van der Waals surface area contributed by atoms with Crippen LogP contribution in [0.25, 0.3) is 22.2 Å². The van der Waals surface area contributed by atoms with Crippen molar-refractivity contribution in [3.8, 4) is 11.1 Å². The molecule has 34 heavy (non-hydrogen) atoms. The van der Waals surface area contributed by atoms with Crippen molar-refractivity contribution < 1.29 is 9.59 Å². The predicted molar refractivity (Wildman–Crippen MR) is 130 cm³/mol. The van der Waals surface area contributed by atoms with Crippen LogP contribution in [0.1, 0.15) is 20.7 Å². The van der Waals surface area contributed by atoms with Crippen LogP contribution < -0.4 is 0 Å². The highest BCUT2D eigenvalue weighted by molar-refractivity contribution is 6.30. The third kappa shape index (κ3) is 3.72. The van der Waals surface area contributed by atoms with Crippen LogP contribution in [0.5, 0.6) is 0 Å². The van der Waals surface area contributed by atoms with Crippen LogP contribution in [0.3, 0.4) is 0 Å². The van der Waals surface area contributed by atoms with Gasteiger partial charge in [0.15, 0.2) is 0 Å². The molecule has 3 heterocycles. The van der Waals surface area contributed by atoms with Gasteiger partial charge >= 0.3 is 0 Å². The average molecular weight is 472 g/mol. The Labute approximate surface area is 201 Å². The van der Waals surface area contributed by atoms with Gasteiger partial charge < -0.3 is 9.80 Å². The van der Waals surface area contributed by atoms with Crippen LogP contribution in [0.2, 0.25) is 5.02 Å². The van der Waals surface area contributed by atoms with E-state index in [0.717, 1.165) is 16.6 Å². The van der Waals surface area contributed by atoms with E-state index in [-0.39, 0.29) is 11.8 Å². The summed E-state index contributed by atoms with van der Waals surface area (Å²) >= 11 is 5.98. The van der Waals surface area contributed by atoms with Gasteiger partial charge in [0.05, 0.1) is 5.52 Å². The molecule has 8 heteroatoms. The van der Waals surface area contributed by atoms with Crippen molar-refractivity contribution >= 4 is 34.4 Å². The van der Waals surface area contributed by atoms with E-state index in [1.165, 1.54) is 0 Å². The fourth-order valence-corrected chi connectivity index (χ4v) is 5.24. The number of aromatic nitrogens is 3. The summed E-state index contributed by atoms with van der Waals surface area (Å²) in [6, 6.07) is 20.8. The van der Waals surface area contributed by atoms with E-state index in [1.807, 2.05) is 70.5 Å². The smallest absolute Gasteiger partial charge is 0.253 e. The largest absolute Gasteiger partial charge is 0.338 e. The number of H-pyrrole nitrogens is 1. The van der Waals surface area contributed by atoms with E-state index in [9.17, 15) is 9.59 Å². The number of benzene rings is 3. The molecule has 0 unspecified atom stereocenters. The number of aromatic amines is 1. The number of carbonyl (C=O) groups is 2. The van der Waals surface area contributed by atoms with Crippen LogP contribution in [-0.2, 0) is 0 Å². The van der Waals surface area contributed by atoms with Gasteiger partial charge in [0, 0.05) is 54.2 Å². The fourth-order valence-electron chi connectivity index (χ4n) is 5.11. The van der Waals surface area contributed by atoms with Gasteiger partial charge in [-0.1, -0.05) is 41.1 Å². The Kier molecular flexibility index (Phi) is 5.07. The van der Waals surface area contributed by atoms with Crippen LogP contribution in [0, 0.1) is 11.8 Å². The minimum atomic E-state index is 0.00923. The summed E-state index contributed by atoms with van der Waals surface area (Å²) in [5.41, 5.74) is 4.91. The van der Waals surface area contributed by atoms with Crippen LogP contribution >= 0.6 is 11.6 Å². The first-order chi connectivity index (χ1) is 16.5. The van der Waals surface area contributed by atoms with Crippen molar-refractivity contribution in [3.63, 3.8) is 0 Å². The number of fused-ring (bicyclic) bond motifs is 2. The summed E-state index contributed by atoms with van der Waals surface area (Å²) in [6.45, 7) is 2.68. The number of halogens is 1. The zero-order valence-electron chi connectivity index (χ0n) is 18.3. The van der Waals surface area contributed by atoms with Crippen LogP contribution in [-0.4, -0.2) is 63.2 Å². The molecule has 170 valence electrons. The monoisotopic (exact) mass is 471 g/mol. The molecule has 1 N–H and O–H groups in total. The normalized spacial score (nSPS) is 19.6. The predicted octanol–water partition coefficient (Wildman–Crippen LogP) is 4.12. The Morgan fingerprint density at radius 2 is 1.29 bits per heavy atom. The van der Waals surface area contributed by atoms with E-state index in [2.05, 4.69) is 15.4 Å². The molecule has 2 saturated heterocycles. The van der Waals surface area contributed by atoms with Gasteiger partial charge in [0.25, 0.3) is 11.8 Å². The SMILES string of the molecule is O=C(c1ccc(-c2ccc(Cl)cc2)cc1)N1C[C@@H]2CN(C(=O)c3ccc4[nH]nnc4c3)C[C@H]2C1. The van der Waals surface area contributed by atoms with Crippen molar-refractivity contribution in [1.82, 2.24) is 25.2 Å². The lowest BCUT2D eigenvalue weighted by Gasteiger charge is -2.22. The Bertz CT molecular complexity index is 1370. The van der Waals surface area contributed by atoms with Gasteiger partial charge in [-0.15, -0.1) is 5.10 Å². The third-order valence-electron chi connectivity index (χ3n) is 6.94. The lowest BCUT2D eigenvalue weighted by atomic mass is 10.0. The van der Waals surface area contributed by atoms with Gasteiger partial charge in [-0.05, 0) is 53.6 Å². The van der Waals surface area contributed by atoms with Crippen molar-refractivity contribution in [1.29, 1.82) is 0 Å². The highest BCUT2D eigenvalue weighted by atomic mass is 35.5. The lowest BCUT2D eigenvalue weighted by molar-refractivity contribution is 0.0738. The maximum atomic E-state index is 13.1. The second kappa shape index (κ2) is 8.25. The Morgan fingerprint density at radius 1 is 0.765 bits per heavy atom. The Morgan fingerprint density at radius 3 is 1.91 bits per heavy atom. The molecule has 0 bridgehead atoms. The number of carbonyl (C=O) groups excluding carboxylic acids is 2. The number of nitrogens with one attached hydrogen (secondary N) is 1. The van der Waals surface area contributed by atoms with Crippen molar-refractivity contribution in [2.24, 2.45) is 11.8 Å². The molecule has 1 aromatic heterocycles. The minimum absolute atomic E-state index is 0.00923. The topological polar surface area (TPSA) is 82.2 Å². The number of likely N-dealkylation sites (tertiary alicyclic amines) is 2. The summed E-state index contributed by atoms with van der Waals surface area (Å²) in [5.74, 6) is 0.662. The molecule has 0 spiro atoms. The summed E-state index contributed by atoms with van der Waals surface area (Å²) in [5, 5.41) is 11.3.